The van der Waals surface area contributed by atoms with Crippen LogP contribution in [0.5, 0.6) is 0 Å². The summed E-state index contributed by atoms with van der Waals surface area (Å²) in [7, 11) is 0. The molecule has 3 heteroatoms. The second kappa shape index (κ2) is 5.97. The van der Waals surface area contributed by atoms with Gasteiger partial charge in [0.15, 0.2) is 0 Å². The molecular formula is C17H15NO2. The maximum absolute atomic E-state index is 9.60. The van der Waals surface area contributed by atoms with Gasteiger partial charge in [-0.15, -0.1) is 0 Å². The van der Waals surface area contributed by atoms with E-state index >= 15 is 0 Å². The van der Waals surface area contributed by atoms with Gasteiger partial charge in [-0.1, -0.05) is 43.0 Å². The van der Waals surface area contributed by atoms with Crippen LogP contribution in [0.15, 0.2) is 66.7 Å². The number of nitrogens with zero attached hydrogens (tertiary/aromatic N) is 1. The van der Waals surface area contributed by atoms with Gasteiger partial charge in [-0.2, -0.15) is 0 Å². The molecule has 0 amide bonds. The first-order chi connectivity index (χ1) is 9.58. The third kappa shape index (κ3) is 3.20. The van der Waals surface area contributed by atoms with Crippen LogP contribution in [0.2, 0.25) is 0 Å². The average molecular weight is 265 g/mol. The number of pyridine rings is 1. The molecule has 3 rings (SSSR count). The predicted molar refractivity (Wildman–Crippen MR) is 81.7 cm³/mol. The van der Waals surface area contributed by atoms with Crippen molar-refractivity contribution >= 4 is 27.8 Å². The first-order valence-electron chi connectivity index (χ1n) is 6.21. The molecule has 0 saturated carbocycles. The first-order valence-corrected chi connectivity index (χ1v) is 6.21. The largest absolute Gasteiger partial charge is 0.478 e. The van der Waals surface area contributed by atoms with E-state index in [0.717, 1.165) is 11.0 Å². The second-order valence-electron chi connectivity index (χ2n) is 4.46. The van der Waals surface area contributed by atoms with Crippen molar-refractivity contribution in [3.05, 3.63) is 66.7 Å². The summed E-state index contributed by atoms with van der Waals surface area (Å²) < 4.78 is 0. The topological polar surface area (TPSA) is 50.2 Å². The van der Waals surface area contributed by atoms with E-state index in [-0.39, 0.29) is 5.57 Å². The minimum Gasteiger partial charge on any atom is -0.478 e. The number of aromatic nitrogens is 1. The van der Waals surface area contributed by atoms with Crippen molar-refractivity contribution in [1.29, 1.82) is 0 Å². The molecule has 0 atom stereocenters. The standard InChI is InChI=1S/C13H9N.C4H6O2/c1-3-7-12-10(5-1)9-11-6-2-4-8-13(11)14-12;1-3(2)4(5)6/h1-9H;1H2,2H3,(H,5,6). The lowest BCUT2D eigenvalue weighted by molar-refractivity contribution is -0.132. The molecular weight excluding hydrogens is 250 g/mol. The van der Waals surface area contributed by atoms with Gasteiger partial charge in [-0.25, -0.2) is 9.78 Å². The number of aliphatic carboxylic acids is 1. The van der Waals surface area contributed by atoms with Crippen LogP contribution >= 0.6 is 0 Å². The van der Waals surface area contributed by atoms with Gasteiger partial charge < -0.3 is 5.11 Å². The van der Waals surface area contributed by atoms with Crippen LogP contribution in [-0.4, -0.2) is 16.1 Å². The normalized spacial score (nSPS) is 9.85. The van der Waals surface area contributed by atoms with E-state index in [9.17, 15) is 4.79 Å². The van der Waals surface area contributed by atoms with Gasteiger partial charge in [0.1, 0.15) is 0 Å². The van der Waals surface area contributed by atoms with E-state index in [4.69, 9.17) is 5.11 Å². The number of hydrogen-bond donors (Lipinski definition) is 1. The van der Waals surface area contributed by atoms with Crippen molar-refractivity contribution < 1.29 is 9.90 Å². The van der Waals surface area contributed by atoms with Gasteiger partial charge in [-0.05, 0) is 25.1 Å². The second-order valence-corrected chi connectivity index (χ2v) is 4.46. The summed E-state index contributed by atoms with van der Waals surface area (Å²) in [5.41, 5.74) is 2.30. The number of carboxylic acids is 1. The minimum atomic E-state index is -0.935. The minimum absolute atomic E-state index is 0.176. The summed E-state index contributed by atoms with van der Waals surface area (Å²) in [4.78, 5) is 14.2. The zero-order chi connectivity index (χ0) is 14.5. The molecule has 0 aliphatic carbocycles. The monoisotopic (exact) mass is 265 g/mol. The Hall–Kier alpha value is -2.68. The Balaban J connectivity index is 0.000000212. The highest BCUT2D eigenvalue weighted by atomic mass is 16.4. The van der Waals surface area contributed by atoms with Crippen LogP contribution in [0.3, 0.4) is 0 Å². The van der Waals surface area contributed by atoms with Crippen molar-refractivity contribution in [2.45, 2.75) is 6.92 Å². The number of fused-ring (bicyclic) bond motifs is 2. The molecule has 0 saturated heterocycles. The summed E-state index contributed by atoms with van der Waals surface area (Å²) >= 11 is 0. The lowest BCUT2D eigenvalue weighted by atomic mass is 10.1. The zero-order valence-electron chi connectivity index (χ0n) is 11.2. The van der Waals surface area contributed by atoms with Gasteiger partial charge in [-0.3, -0.25) is 0 Å². The van der Waals surface area contributed by atoms with Gasteiger partial charge in [0, 0.05) is 16.3 Å². The van der Waals surface area contributed by atoms with Gasteiger partial charge in [0.2, 0.25) is 0 Å². The Kier molecular flexibility index (Phi) is 4.11. The van der Waals surface area contributed by atoms with Crippen LogP contribution in [0, 0.1) is 0 Å². The Morgan fingerprint density at radius 3 is 1.80 bits per heavy atom. The van der Waals surface area contributed by atoms with Crippen LogP contribution in [0.1, 0.15) is 6.92 Å². The lowest BCUT2D eigenvalue weighted by Crippen LogP contribution is -1.92. The van der Waals surface area contributed by atoms with Crippen LogP contribution < -0.4 is 0 Å². The van der Waals surface area contributed by atoms with E-state index in [1.54, 1.807) is 0 Å². The fourth-order valence-electron chi connectivity index (χ4n) is 1.72. The third-order valence-electron chi connectivity index (χ3n) is 2.79. The summed E-state index contributed by atoms with van der Waals surface area (Å²) in [6.45, 7) is 4.60. The smallest absolute Gasteiger partial charge is 0.330 e. The lowest BCUT2D eigenvalue weighted by Gasteiger charge is -1.99. The highest BCUT2D eigenvalue weighted by molar-refractivity contribution is 5.92. The van der Waals surface area contributed by atoms with Crippen LogP contribution in [0.4, 0.5) is 0 Å². The molecule has 0 bridgehead atoms. The number of benzene rings is 2. The molecule has 2 aromatic carbocycles. The molecule has 0 fully saturated rings. The van der Waals surface area contributed by atoms with Crippen LogP contribution in [-0.2, 0) is 4.79 Å². The molecule has 0 aliphatic heterocycles. The van der Waals surface area contributed by atoms with Gasteiger partial charge >= 0.3 is 5.97 Å². The highest BCUT2D eigenvalue weighted by Crippen LogP contribution is 2.18. The molecule has 3 aromatic rings. The molecule has 0 spiro atoms. The fourth-order valence-corrected chi connectivity index (χ4v) is 1.72. The molecule has 0 aliphatic rings. The Bertz CT molecular complexity index is 661. The molecule has 1 aromatic heterocycles. The maximum Gasteiger partial charge on any atom is 0.330 e. The molecule has 1 N–H and O–H groups in total. The summed E-state index contributed by atoms with van der Waals surface area (Å²) in [6, 6.07) is 18.6. The summed E-state index contributed by atoms with van der Waals surface area (Å²) in [6.07, 6.45) is 0. The van der Waals surface area contributed by atoms with E-state index in [1.807, 2.05) is 36.4 Å². The number of para-hydroxylation sites is 2. The quantitative estimate of drug-likeness (QED) is 0.533. The molecule has 0 unspecified atom stereocenters. The fraction of sp³-hybridized carbons (Fsp3) is 0.0588. The van der Waals surface area contributed by atoms with Crippen molar-refractivity contribution in [2.24, 2.45) is 0 Å². The number of rotatable bonds is 1. The Morgan fingerprint density at radius 2 is 1.40 bits per heavy atom. The SMILES string of the molecule is C=C(C)C(=O)O.c1ccc2nc3ccccc3cc2c1. The summed E-state index contributed by atoms with van der Waals surface area (Å²) in [5, 5.41) is 10.3. The Labute approximate surface area is 117 Å². The zero-order valence-corrected chi connectivity index (χ0v) is 11.2. The maximum atomic E-state index is 9.60. The van der Waals surface area contributed by atoms with E-state index in [2.05, 4.69) is 29.8 Å². The van der Waals surface area contributed by atoms with Crippen molar-refractivity contribution in [3.8, 4) is 0 Å². The van der Waals surface area contributed by atoms with Gasteiger partial charge in [0.25, 0.3) is 0 Å². The van der Waals surface area contributed by atoms with Crippen molar-refractivity contribution in [1.82, 2.24) is 4.98 Å². The number of hydrogen-bond acceptors (Lipinski definition) is 2. The van der Waals surface area contributed by atoms with E-state index in [0.29, 0.717) is 0 Å². The number of carbonyl (C=O) groups is 1. The third-order valence-corrected chi connectivity index (χ3v) is 2.79. The van der Waals surface area contributed by atoms with Crippen molar-refractivity contribution in [3.63, 3.8) is 0 Å². The Morgan fingerprint density at radius 1 is 1.00 bits per heavy atom. The predicted octanol–water partition coefficient (Wildman–Crippen LogP) is 4.04. The molecule has 3 nitrogen and oxygen atoms in total. The van der Waals surface area contributed by atoms with Gasteiger partial charge in [0.05, 0.1) is 11.0 Å². The number of carboxylic acid groups (broad SMARTS) is 1. The molecule has 100 valence electrons. The first kappa shape index (κ1) is 13.7. The van der Waals surface area contributed by atoms with Crippen LogP contribution in [0.25, 0.3) is 21.8 Å². The highest BCUT2D eigenvalue weighted by Gasteiger charge is 1.96. The molecule has 1 heterocycles. The van der Waals surface area contributed by atoms with E-state index < -0.39 is 5.97 Å². The van der Waals surface area contributed by atoms with E-state index in [1.165, 1.54) is 17.7 Å². The molecule has 0 radical (unpaired) electrons. The summed E-state index contributed by atoms with van der Waals surface area (Å²) in [5.74, 6) is -0.935. The van der Waals surface area contributed by atoms with Crippen molar-refractivity contribution in [2.75, 3.05) is 0 Å². The molecule has 20 heavy (non-hydrogen) atoms. The average Bonchev–Trinajstić information content (AvgIpc) is 2.45.